The molecule has 5 rings (SSSR count). The van der Waals surface area contributed by atoms with Crippen LogP contribution in [0.1, 0.15) is 55.3 Å². The summed E-state index contributed by atoms with van der Waals surface area (Å²) in [5.41, 5.74) is 1.11. The summed E-state index contributed by atoms with van der Waals surface area (Å²) < 4.78 is 32.5. The summed E-state index contributed by atoms with van der Waals surface area (Å²) in [4.78, 5) is 46.4. The van der Waals surface area contributed by atoms with Crippen LogP contribution in [-0.4, -0.2) is 65.1 Å². The highest BCUT2D eigenvalue weighted by Crippen LogP contribution is 2.36. The molecule has 11 heteroatoms. The Labute approximate surface area is 225 Å². The molecule has 2 aromatic rings. The van der Waals surface area contributed by atoms with Gasteiger partial charge in [-0.1, -0.05) is 12.1 Å². The number of likely N-dealkylation sites (tertiary alicyclic amines) is 1. The Kier molecular flexibility index (Phi) is 7.87. The van der Waals surface area contributed by atoms with Gasteiger partial charge in [-0.3, -0.25) is 9.88 Å². The molecule has 0 bridgehead atoms. The molecule has 3 aliphatic rings. The van der Waals surface area contributed by atoms with E-state index in [9.17, 15) is 23.2 Å². The number of amides is 4. The number of carbonyl (C=O) groups is 3. The molecule has 2 aliphatic heterocycles. The van der Waals surface area contributed by atoms with E-state index in [2.05, 4.69) is 26.6 Å². The van der Waals surface area contributed by atoms with Crippen molar-refractivity contribution in [1.29, 1.82) is 0 Å². The third-order valence-electron chi connectivity index (χ3n) is 7.89. The van der Waals surface area contributed by atoms with Crippen molar-refractivity contribution in [2.24, 2.45) is 0 Å². The number of rotatable bonds is 5. The highest BCUT2D eigenvalue weighted by molar-refractivity contribution is 6.00. The van der Waals surface area contributed by atoms with Gasteiger partial charge in [-0.2, -0.15) is 0 Å². The molecule has 1 aromatic heterocycles. The van der Waals surface area contributed by atoms with Crippen molar-refractivity contribution >= 4 is 18.0 Å². The molecular weight excluding hydrogens is 508 g/mol. The van der Waals surface area contributed by atoms with Gasteiger partial charge >= 0.3 is 18.0 Å². The van der Waals surface area contributed by atoms with E-state index in [1.165, 1.54) is 6.07 Å². The van der Waals surface area contributed by atoms with E-state index >= 15 is 0 Å². The van der Waals surface area contributed by atoms with Crippen LogP contribution in [0.25, 0.3) is 0 Å². The highest BCUT2D eigenvalue weighted by atomic mass is 19.2. The fraction of sp³-hybridized carbons (Fsp3) is 0.429. The molecule has 1 saturated heterocycles. The number of benzene rings is 1. The number of nitrogens with zero attached hydrogens (tertiary/aromatic N) is 3. The number of halogens is 2. The number of methoxy groups -OCH3 is 1. The van der Waals surface area contributed by atoms with Crippen LogP contribution >= 0.6 is 0 Å². The smallest absolute Gasteiger partial charge is 0.337 e. The lowest BCUT2D eigenvalue weighted by Crippen LogP contribution is -2.55. The van der Waals surface area contributed by atoms with Crippen molar-refractivity contribution in [3.63, 3.8) is 0 Å². The van der Waals surface area contributed by atoms with Gasteiger partial charge in [0, 0.05) is 49.2 Å². The van der Waals surface area contributed by atoms with Gasteiger partial charge in [-0.25, -0.2) is 28.1 Å². The number of esters is 1. The van der Waals surface area contributed by atoms with Gasteiger partial charge in [0.25, 0.3) is 0 Å². The molecular formula is C28H31F2N5O4. The molecule has 0 unspecified atom stereocenters. The van der Waals surface area contributed by atoms with E-state index in [-0.39, 0.29) is 17.2 Å². The second-order valence-corrected chi connectivity index (χ2v) is 10.2. The quantitative estimate of drug-likeness (QED) is 0.557. The molecule has 2 N–H and O–H groups in total. The number of ether oxygens (including phenoxy) is 1. The maximum atomic E-state index is 14.1. The Morgan fingerprint density at radius 2 is 1.87 bits per heavy atom. The van der Waals surface area contributed by atoms with E-state index < -0.39 is 35.7 Å². The van der Waals surface area contributed by atoms with Gasteiger partial charge in [0.15, 0.2) is 11.6 Å². The molecule has 206 valence electrons. The van der Waals surface area contributed by atoms with Crippen molar-refractivity contribution in [2.45, 2.75) is 56.1 Å². The van der Waals surface area contributed by atoms with Crippen LogP contribution in [0.5, 0.6) is 0 Å². The molecule has 0 spiro atoms. The predicted octanol–water partition coefficient (Wildman–Crippen LogP) is 3.99. The summed E-state index contributed by atoms with van der Waals surface area (Å²) in [6, 6.07) is 6.40. The lowest BCUT2D eigenvalue weighted by Gasteiger charge is -2.35. The molecule has 0 radical (unpaired) electrons. The standard InChI is InChI=1S/C28H31F2N5O4/c1-39-26(36)21-15-32-27(37)35(25(21)18-7-10-22(29)23(30)14-18)28(38)33-19-11-13-34(16-19)20-8-5-17(6-9-20)24-4-2-3-12-31-24/h2-4,7,10,12,14-15,17,19-20,25H,5-6,8-9,11,13,16H2,1H3,(H,32,37)(H,33,38)/t17-,19-,20-,25+/m1/s1. The predicted molar refractivity (Wildman–Crippen MR) is 137 cm³/mol. The zero-order valence-electron chi connectivity index (χ0n) is 21.6. The number of carbonyl (C=O) groups excluding carboxylic acids is 3. The molecule has 3 heterocycles. The highest BCUT2D eigenvalue weighted by Gasteiger charge is 2.41. The first-order valence-corrected chi connectivity index (χ1v) is 13.1. The monoisotopic (exact) mass is 539 g/mol. The molecule has 4 amide bonds. The second kappa shape index (κ2) is 11.5. The third kappa shape index (κ3) is 5.63. The van der Waals surface area contributed by atoms with Crippen LogP contribution in [0.15, 0.2) is 54.4 Å². The van der Waals surface area contributed by atoms with Crippen molar-refractivity contribution in [3.05, 3.63) is 77.3 Å². The summed E-state index contributed by atoms with van der Waals surface area (Å²) >= 11 is 0. The fourth-order valence-corrected chi connectivity index (χ4v) is 5.89. The Balaban J connectivity index is 1.25. The first-order chi connectivity index (χ1) is 18.9. The Bertz CT molecular complexity index is 1270. The molecule has 2 atom stereocenters. The first-order valence-electron chi connectivity index (χ1n) is 13.1. The molecule has 1 aliphatic carbocycles. The second-order valence-electron chi connectivity index (χ2n) is 10.2. The van der Waals surface area contributed by atoms with E-state index in [0.29, 0.717) is 24.9 Å². The van der Waals surface area contributed by atoms with Crippen LogP contribution in [0, 0.1) is 11.6 Å². The van der Waals surface area contributed by atoms with E-state index in [0.717, 1.165) is 68.3 Å². The van der Waals surface area contributed by atoms with Crippen LogP contribution in [-0.2, 0) is 9.53 Å². The Hall–Kier alpha value is -3.86. The minimum atomic E-state index is -1.29. The minimum absolute atomic E-state index is 0.0632. The van der Waals surface area contributed by atoms with Gasteiger partial charge < -0.3 is 15.4 Å². The summed E-state index contributed by atoms with van der Waals surface area (Å²) in [6.07, 6.45) is 7.87. The van der Waals surface area contributed by atoms with E-state index in [4.69, 9.17) is 4.74 Å². The van der Waals surface area contributed by atoms with Gasteiger partial charge in [-0.15, -0.1) is 0 Å². The SMILES string of the molecule is COC(=O)C1=CNC(=O)N(C(=O)N[C@@H]2CCN([C@H]3CC[C@H](c4ccccn4)CC3)C2)[C@H]1c1ccc(F)c(F)c1. The zero-order valence-corrected chi connectivity index (χ0v) is 21.6. The maximum absolute atomic E-state index is 14.1. The van der Waals surface area contributed by atoms with Crippen LogP contribution in [0.4, 0.5) is 18.4 Å². The van der Waals surface area contributed by atoms with Crippen molar-refractivity contribution in [3.8, 4) is 0 Å². The lowest BCUT2D eigenvalue weighted by molar-refractivity contribution is -0.136. The van der Waals surface area contributed by atoms with E-state index in [1.807, 2.05) is 18.3 Å². The Morgan fingerprint density at radius 1 is 1.08 bits per heavy atom. The average Bonchev–Trinajstić information content (AvgIpc) is 3.42. The maximum Gasteiger partial charge on any atom is 0.337 e. The van der Waals surface area contributed by atoms with Gasteiger partial charge in [0.1, 0.15) is 6.04 Å². The molecule has 39 heavy (non-hydrogen) atoms. The number of hydrogen-bond donors (Lipinski definition) is 2. The lowest BCUT2D eigenvalue weighted by atomic mass is 9.83. The normalized spacial score (nSPS) is 25.6. The minimum Gasteiger partial charge on any atom is -0.466 e. The third-order valence-corrected chi connectivity index (χ3v) is 7.89. The zero-order chi connectivity index (χ0) is 27.5. The summed E-state index contributed by atoms with van der Waals surface area (Å²) in [7, 11) is 1.16. The number of pyridine rings is 1. The molecule has 1 saturated carbocycles. The van der Waals surface area contributed by atoms with Crippen LogP contribution < -0.4 is 10.6 Å². The van der Waals surface area contributed by atoms with Crippen molar-refractivity contribution < 1.29 is 27.9 Å². The van der Waals surface area contributed by atoms with E-state index in [1.54, 1.807) is 0 Å². The fourth-order valence-electron chi connectivity index (χ4n) is 5.89. The van der Waals surface area contributed by atoms with Crippen molar-refractivity contribution in [2.75, 3.05) is 20.2 Å². The largest absolute Gasteiger partial charge is 0.466 e. The average molecular weight is 540 g/mol. The first kappa shape index (κ1) is 26.7. The van der Waals surface area contributed by atoms with Crippen molar-refractivity contribution in [1.82, 2.24) is 25.4 Å². The Morgan fingerprint density at radius 3 is 2.56 bits per heavy atom. The summed E-state index contributed by atoms with van der Waals surface area (Å²) in [5.74, 6) is -2.59. The van der Waals surface area contributed by atoms with Gasteiger partial charge in [-0.05, 0) is 61.9 Å². The number of aromatic nitrogens is 1. The van der Waals surface area contributed by atoms with Gasteiger partial charge in [0.2, 0.25) is 0 Å². The number of hydrogen-bond acceptors (Lipinski definition) is 6. The number of nitrogens with one attached hydrogen (secondary N) is 2. The van der Waals surface area contributed by atoms with Crippen LogP contribution in [0.2, 0.25) is 0 Å². The number of imide groups is 1. The summed E-state index contributed by atoms with van der Waals surface area (Å²) in [5, 5.41) is 5.30. The molecule has 1 aromatic carbocycles. The molecule has 9 nitrogen and oxygen atoms in total. The molecule has 2 fully saturated rings. The van der Waals surface area contributed by atoms with Crippen LogP contribution in [0.3, 0.4) is 0 Å². The van der Waals surface area contributed by atoms with Gasteiger partial charge in [0.05, 0.1) is 12.7 Å². The number of urea groups is 2. The summed E-state index contributed by atoms with van der Waals surface area (Å²) in [6.45, 7) is 1.45. The topological polar surface area (TPSA) is 104 Å².